The largest absolute Gasteiger partial charge is 0.494 e. The molecular formula is C18H23N5O7S. The van der Waals surface area contributed by atoms with Crippen molar-refractivity contribution in [1.82, 2.24) is 19.7 Å². The zero-order valence-corrected chi connectivity index (χ0v) is 18.0. The summed E-state index contributed by atoms with van der Waals surface area (Å²) in [5, 5.41) is 0.841. The van der Waals surface area contributed by atoms with E-state index < -0.39 is 21.3 Å². The fraction of sp³-hybridized carbons (Fsp3) is 0.333. The molecule has 0 saturated carbocycles. The third-order valence-corrected chi connectivity index (χ3v) is 5.33. The number of aromatic nitrogens is 3. The van der Waals surface area contributed by atoms with Gasteiger partial charge in [-0.05, 0) is 5.56 Å². The molecule has 0 radical (unpaired) electrons. The molecule has 31 heavy (non-hydrogen) atoms. The third kappa shape index (κ3) is 6.79. The van der Waals surface area contributed by atoms with Crippen LogP contribution in [0.3, 0.4) is 0 Å². The predicted octanol–water partition coefficient (Wildman–Crippen LogP) is 1.26. The highest BCUT2D eigenvalue weighted by Crippen LogP contribution is 2.29. The van der Waals surface area contributed by atoms with Crippen LogP contribution in [0.15, 0.2) is 42.7 Å². The van der Waals surface area contributed by atoms with E-state index >= 15 is 0 Å². The molecule has 168 valence electrons. The lowest BCUT2D eigenvalue weighted by Crippen LogP contribution is -2.38. The maximum Gasteiger partial charge on any atom is 0.335 e. The van der Waals surface area contributed by atoms with Gasteiger partial charge in [-0.3, -0.25) is 5.32 Å². The summed E-state index contributed by atoms with van der Waals surface area (Å²) in [6.07, 6.45) is 0. The standard InChI is InChI=1S/C18H23N5O7S/c1-12(30-11-10-27-2)14(13-8-6-5-7-9-13)31(25,26)23-16(24)19-15-20-17(28-3)22-18(21-15)29-4/h5-9,14H,1,10-11H2,2-4H3,(H2,19,20,21,22,23,24). The molecule has 1 aromatic carbocycles. The van der Waals surface area contributed by atoms with Crippen molar-refractivity contribution in [2.45, 2.75) is 5.25 Å². The van der Waals surface area contributed by atoms with Crippen LogP contribution in [0.5, 0.6) is 12.0 Å². The molecule has 2 rings (SSSR count). The minimum Gasteiger partial charge on any atom is -0.494 e. The first-order valence-electron chi connectivity index (χ1n) is 8.82. The first kappa shape index (κ1) is 23.8. The molecule has 12 nitrogen and oxygen atoms in total. The number of nitrogens with one attached hydrogen (secondary N) is 2. The quantitative estimate of drug-likeness (QED) is 0.376. The number of carbonyl (C=O) groups excluding carboxylic acids is 1. The zero-order chi connectivity index (χ0) is 22.9. The molecule has 0 aliphatic rings. The summed E-state index contributed by atoms with van der Waals surface area (Å²) in [4.78, 5) is 23.8. The number of rotatable bonds is 11. The average Bonchev–Trinajstić information content (AvgIpc) is 2.73. The van der Waals surface area contributed by atoms with Gasteiger partial charge in [-0.25, -0.2) is 17.9 Å². The molecule has 2 amide bonds. The molecule has 0 aliphatic heterocycles. The highest BCUT2D eigenvalue weighted by atomic mass is 32.2. The Kier molecular flexibility index (Phi) is 8.52. The lowest BCUT2D eigenvalue weighted by atomic mass is 10.1. The van der Waals surface area contributed by atoms with Gasteiger partial charge in [0.25, 0.3) is 10.0 Å². The predicted molar refractivity (Wildman–Crippen MR) is 110 cm³/mol. The van der Waals surface area contributed by atoms with Crippen LogP contribution in [-0.4, -0.2) is 63.9 Å². The molecule has 13 heteroatoms. The average molecular weight is 453 g/mol. The number of sulfonamides is 1. The van der Waals surface area contributed by atoms with Crippen LogP contribution in [0.1, 0.15) is 10.8 Å². The van der Waals surface area contributed by atoms with Gasteiger partial charge >= 0.3 is 18.1 Å². The molecule has 0 spiro atoms. The van der Waals surface area contributed by atoms with Crippen LogP contribution in [0.2, 0.25) is 0 Å². The normalized spacial score (nSPS) is 11.8. The Balaban J connectivity index is 2.23. The van der Waals surface area contributed by atoms with Crippen molar-refractivity contribution < 1.29 is 32.2 Å². The monoisotopic (exact) mass is 453 g/mol. The minimum absolute atomic E-state index is 0.0768. The van der Waals surface area contributed by atoms with Gasteiger partial charge in [0, 0.05) is 7.11 Å². The van der Waals surface area contributed by atoms with Crippen molar-refractivity contribution >= 4 is 22.0 Å². The molecule has 0 aliphatic carbocycles. The van der Waals surface area contributed by atoms with E-state index in [4.69, 9.17) is 18.9 Å². The van der Waals surface area contributed by atoms with Gasteiger partial charge in [-0.15, -0.1) is 4.98 Å². The highest BCUT2D eigenvalue weighted by Gasteiger charge is 2.33. The van der Waals surface area contributed by atoms with E-state index in [9.17, 15) is 13.2 Å². The van der Waals surface area contributed by atoms with E-state index in [2.05, 4.69) is 26.8 Å². The number of carbonyl (C=O) groups is 1. The van der Waals surface area contributed by atoms with E-state index in [-0.39, 0.29) is 36.9 Å². The van der Waals surface area contributed by atoms with E-state index in [1.165, 1.54) is 21.3 Å². The van der Waals surface area contributed by atoms with Gasteiger partial charge < -0.3 is 18.9 Å². The topological polar surface area (TPSA) is 151 Å². The highest BCUT2D eigenvalue weighted by molar-refractivity contribution is 7.90. The second-order valence-corrected chi connectivity index (χ2v) is 7.60. The van der Waals surface area contributed by atoms with Crippen LogP contribution in [-0.2, 0) is 19.5 Å². The van der Waals surface area contributed by atoms with Gasteiger partial charge in [-0.1, -0.05) is 36.9 Å². The number of hydrogen-bond acceptors (Lipinski definition) is 10. The van der Waals surface area contributed by atoms with Gasteiger partial charge in [0.15, 0.2) is 5.25 Å². The fourth-order valence-electron chi connectivity index (χ4n) is 2.39. The molecule has 0 bridgehead atoms. The molecule has 0 fully saturated rings. The van der Waals surface area contributed by atoms with Crippen molar-refractivity contribution in [3.63, 3.8) is 0 Å². The molecular weight excluding hydrogens is 430 g/mol. The molecule has 0 saturated heterocycles. The van der Waals surface area contributed by atoms with E-state index in [1.807, 2.05) is 4.72 Å². The SMILES string of the molecule is C=C(OCCOC)C(c1ccccc1)S(=O)(=O)NC(=O)Nc1nc(OC)nc(OC)n1. The van der Waals surface area contributed by atoms with E-state index in [0.717, 1.165) is 0 Å². The van der Waals surface area contributed by atoms with E-state index in [0.29, 0.717) is 5.56 Å². The number of benzene rings is 1. The maximum absolute atomic E-state index is 13.0. The van der Waals surface area contributed by atoms with Crippen molar-refractivity contribution in [1.29, 1.82) is 0 Å². The number of ether oxygens (including phenoxy) is 4. The smallest absolute Gasteiger partial charge is 0.335 e. The van der Waals surface area contributed by atoms with Crippen molar-refractivity contribution in [2.24, 2.45) is 0 Å². The Morgan fingerprint density at radius 1 is 1.03 bits per heavy atom. The summed E-state index contributed by atoms with van der Waals surface area (Å²) in [6.45, 7) is 4.03. The number of anilines is 1. The van der Waals surface area contributed by atoms with Crippen LogP contribution in [0, 0.1) is 0 Å². The zero-order valence-electron chi connectivity index (χ0n) is 17.2. The van der Waals surface area contributed by atoms with Gasteiger partial charge in [0.1, 0.15) is 12.4 Å². The number of hydrogen-bond donors (Lipinski definition) is 2. The summed E-state index contributed by atoms with van der Waals surface area (Å²) in [7, 11) is -0.226. The van der Waals surface area contributed by atoms with Crippen LogP contribution < -0.4 is 19.5 Å². The summed E-state index contributed by atoms with van der Waals surface area (Å²) in [5.74, 6) is -0.352. The van der Waals surface area contributed by atoms with Crippen molar-refractivity contribution in [3.8, 4) is 12.0 Å². The number of urea groups is 1. The van der Waals surface area contributed by atoms with Crippen LogP contribution in [0.4, 0.5) is 10.7 Å². The molecule has 1 atom stereocenters. The van der Waals surface area contributed by atoms with Gasteiger partial charge in [0.2, 0.25) is 5.95 Å². The lowest BCUT2D eigenvalue weighted by Gasteiger charge is -2.21. The summed E-state index contributed by atoms with van der Waals surface area (Å²) >= 11 is 0. The van der Waals surface area contributed by atoms with Gasteiger partial charge in [0.05, 0.1) is 20.8 Å². The Morgan fingerprint density at radius 2 is 1.65 bits per heavy atom. The van der Waals surface area contributed by atoms with Gasteiger partial charge in [-0.2, -0.15) is 9.97 Å². The summed E-state index contributed by atoms with van der Waals surface area (Å²) in [6, 6.07) is 6.82. The summed E-state index contributed by atoms with van der Waals surface area (Å²) < 4.78 is 48.0. The van der Waals surface area contributed by atoms with Crippen molar-refractivity contribution in [2.75, 3.05) is 39.9 Å². The third-order valence-electron chi connectivity index (χ3n) is 3.70. The number of nitrogens with zero attached hydrogens (tertiary/aromatic N) is 3. The lowest BCUT2D eigenvalue weighted by molar-refractivity contribution is 0.107. The molecule has 2 N–H and O–H groups in total. The Morgan fingerprint density at radius 3 is 2.19 bits per heavy atom. The summed E-state index contributed by atoms with van der Waals surface area (Å²) in [5.41, 5.74) is 0.355. The van der Waals surface area contributed by atoms with Crippen LogP contribution >= 0.6 is 0 Å². The molecule has 1 aromatic heterocycles. The second-order valence-electron chi connectivity index (χ2n) is 5.83. The van der Waals surface area contributed by atoms with Crippen molar-refractivity contribution in [3.05, 3.63) is 48.2 Å². The first-order chi connectivity index (χ1) is 14.8. The van der Waals surface area contributed by atoms with Crippen LogP contribution in [0.25, 0.3) is 0 Å². The maximum atomic E-state index is 13.0. The fourth-order valence-corrected chi connectivity index (χ4v) is 3.75. The molecule has 1 heterocycles. The second kappa shape index (κ2) is 11.1. The van der Waals surface area contributed by atoms with E-state index in [1.54, 1.807) is 30.3 Å². The molecule has 1 unspecified atom stereocenters. The Bertz CT molecular complexity index is 979. The first-order valence-corrected chi connectivity index (χ1v) is 10.4. The Labute approximate surface area is 179 Å². The number of amides is 2. The Hall–Kier alpha value is -3.45. The molecule has 2 aromatic rings. The minimum atomic E-state index is -4.32. The number of methoxy groups -OCH3 is 3.